The van der Waals surface area contributed by atoms with Gasteiger partial charge in [-0.15, -0.1) is 23.1 Å². The van der Waals surface area contributed by atoms with Crippen LogP contribution in [0.1, 0.15) is 10.5 Å². The Hall–Kier alpha value is -1.53. The van der Waals surface area contributed by atoms with Crippen LogP contribution in [0, 0.1) is 0 Å². The number of carbonyl (C=O) groups excluding carboxylic acids is 1. The zero-order chi connectivity index (χ0) is 13.0. The number of aromatic nitrogens is 1. The van der Waals surface area contributed by atoms with E-state index >= 15 is 0 Å². The topological polar surface area (TPSA) is 51.2 Å². The predicted molar refractivity (Wildman–Crippen MR) is 75.0 cm³/mol. The standard InChI is InChI=1S/C12H12N2O2S2/c1-16-11(15)10-7-18-12(14-10)13-8-3-5-9(17-2)6-4-8/h3-7H,1-2H3,(H,13,14). The number of esters is 1. The molecule has 0 saturated carbocycles. The van der Waals surface area contributed by atoms with E-state index in [2.05, 4.69) is 15.0 Å². The summed E-state index contributed by atoms with van der Waals surface area (Å²) >= 11 is 3.06. The van der Waals surface area contributed by atoms with Crippen LogP contribution in [-0.4, -0.2) is 24.3 Å². The number of hydrogen-bond acceptors (Lipinski definition) is 6. The van der Waals surface area contributed by atoms with Crippen molar-refractivity contribution in [1.82, 2.24) is 4.98 Å². The van der Waals surface area contributed by atoms with E-state index < -0.39 is 5.97 Å². The van der Waals surface area contributed by atoms with Crippen molar-refractivity contribution in [2.45, 2.75) is 4.90 Å². The molecule has 1 aromatic heterocycles. The number of hydrogen-bond donors (Lipinski definition) is 1. The largest absolute Gasteiger partial charge is 0.464 e. The molecule has 0 spiro atoms. The van der Waals surface area contributed by atoms with E-state index in [1.165, 1.54) is 23.3 Å². The van der Waals surface area contributed by atoms with Gasteiger partial charge in [0.2, 0.25) is 0 Å². The number of nitrogens with zero attached hydrogens (tertiary/aromatic N) is 1. The van der Waals surface area contributed by atoms with Gasteiger partial charge < -0.3 is 10.1 Å². The molecule has 6 heteroatoms. The first-order chi connectivity index (χ1) is 8.72. The highest BCUT2D eigenvalue weighted by atomic mass is 32.2. The number of ether oxygens (including phenoxy) is 1. The van der Waals surface area contributed by atoms with Crippen molar-refractivity contribution in [1.29, 1.82) is 0 Å². The third-order valence-electron chi connectivity index (χ3n) is 2.24. The molecule has 0 amide bonds. The molecule has 0 saturated heterocycles. The lowest BCUT2D eigenvalue weighted by molar-refractivity contribution is 0.0595. The smallest absolute Gasteiger partial charge is 0.357 e. The van der Waals surface area contributed by atoms with Crippen molar-refractivity contribution in [2.75, 3.05) is 18.7 Å². The first kappa shape index (κ1) is 12.9. The zero-order valence-electron chi connectivity index (χ0n) is 9.97. The van der Waals surface area contributed by atoms with Crippen LogP contribution >= 0.6 is 23.1 Å². The number of thiazole rings is 1. The monoisotopic (exact) mass is 280 g/mol. The van der Waals surface area contributed by atoms with Crippen LogP contribution < -0.4 is 5.32 Å². The van der Waals surface area contributed by atoms with E-state index in [0.29, 0.717) is 10.8 Å². The Labute approximate surface area is 113 Å². The van der Waals surface area contributed by atoms with Gasteiger partial charge in [-0.05, 0) is 30.5 Å². The molecule has 0 aliphatic carbocycles. The summed E-state index contributed by atoms with van der Waals surface area (Å²) in [6.45, 7) is 0. The number of anilines is 2. The third-order valence-corrected chi connectivity index (χ3v) is 3.74. The average molecular weight is 280 g/mol. The molecule has 2 rings (SSSR count). The fourth-order valence-electron chi connectivity index (χ4n) is 1.33. The number of carbonyl (C=O) groups is 1. The molecular formula is C12H12N2O2S2. The molecule has 18 heavy (non-hydrogen) atoms. The molecule has 0 aliphatic rings. The van der Waals surface area contributed by atoms with Gasteiger partial charge in [0.1, 0.15) is 0 Å². The zero-order valence-corrected chi connectivity index (χ0v) is 11.6. The van der Waals surface area contributed by atoms with Gasteiger partial charge in [-0.25, -0.2) is 9.78 Å². The molecular weight excluding hydrogens is 268 g/mol. The van der Waals surface area contributed by atoms with Gasteiger partial charge in [-0.2, -0.15) is 0 Å². The average Bonchev–Trinajstić information content (AvgIpc) is 2.87. The summed E-state index contributed by atoms with van der Waals surface area (Å²) in [5.41, 5.74) is 1.27. The van der Waals surface area contributed by atoms with Gasteiger partial charge in [-0.1, -0.05) is 0 Å². The second kappa shape index (κ2) is 5.88. The molecule has 0 radical (unpaired) electrons. The minimum Gasteiger partial charge on any atom is -0.464 e. The maximum atomic E-state index is 11.3. The summed E-state index contributed by atoms with van der Waals surface area (Å²) in [5, 5.41) is 5.49. The molecule has 0 atom stereocenters. The Morgan fingerprint density at radius 2 is 2.11 bits per heavy atom. The van der Waals surface area contributed by atoms with Gasteiger partial charge in [0.05, 0.1) is 7.11 Å². The SMILES string of the molecule is COC(=O)c1csc(Nc2ccc(SC)cc2)n1. The molecule has 2 aromatic rings. The predicted octanol–water partition coefficient (Wildman–Crippen LogP) is 3.40. The molecule has 0 unspecified atom stereocenters. The number of nitrogens with one attached hydrogen (secondary N) is 1. The van der Waals surface area contributed by atoms with E-state index in [1.807, 2.05) is 30.5 Å². The van der Waals surface area contributed by atoms with E-state index in [0.717, 1.165) is 5.69 Å². The number of benzene rings is 1. The first-order valence-corrected chi connectivity index (χ1v) is 7.28. The maximum Gasteiger partial charge on any atom is 0.357 e. The Kier molecular flexibility index (Phi) is 4.22. The second-order valence-electron chi connectivity index (χ2n) is 3.38. The van der Waals surface area contributed by atoms with Crippen LogP contribution in [0.3, 0.4) is 0 Å². The highest BCUT2D eigenvalue weighted by molar-refractivity contribution is 7.98. The third kappa shape index (κ3) is 3.02. The fourth-order valence-corrected chi connectivity index (χ4v) is 2.44. The van der Waals surface area contributed by atoms with Crippen molar-refractivity contribution in [3.05, 3.63) is 35.3 Å². The number of methoxy groups -OCH3 is 1. The van der Waals surface area contributed by atoms with Gasteiger partial charge >= 0.3 is 5.97 Å². The molecule has 1 N–H and O–H groups in total. The second-order valence-corrected chi connectivity index (χ2v) is 5.12. The molecule has 1 heterocycles. The Bertz CT molecular complexity index is 537. The van der Waals surface area contributed by atoms with Crippen molar-refractivity contribution in [3.63, 3.8) is 0 Å². The van der Waals surface area contributed by atoms with Crippen LogP contribution in [-0.2, 0) is 4.74 Å². The Balaban J connectivity index is 2.08. The Morgan fingerprint density at radius 3 is 2.72 bits per heavy atom. The van der Waals surface area contributed by atoms with Gasteiger partial charge in [-0.3, -0.25) is 0 Å². The lowest BCUT2D eigenvalue weighted by Gasteiger charge is -2.03. The van der Waals surface area contributed by atoms with Gasteiger partial charge in [0, 0.05) is 16.0 Å². The van der Waals surface area contributed by atoms with Crippen LogP contribution in [0.4, 0.5) is 10.8 Å². The van der Waals surface area contributed by atoms with E-state index in [1.54, 1.807) is 17.1 Å². The fraction of sp³-hybridized carbons (Fsp3) is 0.167. The molecule has 1 aromatic carbocycles. The lowest BCUT2D eigenvalue weighted by atomic mass is 10.3. The molecule has 0 aliphatic heterocycles. The molecule has 0 fully saturated rings. The van der Waals surface area contributed by atoms with Gasteiger partial charge in [0.25, 0.3) is 0 Å². The summed E-state index contributed by atoms with van der Waals surface area (Å²) in [6, 6.07) is 8.01. The highest BCUT2D eigenvalue weighted by Gasteiger charge is 2.10. The summed E-state index contributed by atoms with van der Waals surface area (Å²) in [7, 11) is 1.34. The van der Waals surface area contributed by atoms with Crippen molar-refractivity contribution in [3.8, 4) is 0 Å². The van der Waals surface area contributed by atoms with Crippen molar-refractivity contribution < 1.29 is 9.53 Å². The first-order valence-electron chi connectivity index (χ1n) is 5.18. The quantitative estimate of drug-likeness (QED) is 0.687. The van der Waals surface area contributed by atoms with Crippen LogP contribution in [0.5, 0.6) is 0 Å². The summed E-state index contributed by atoms with van der Waals surface area (Å²) in [5.74, 6) is -0.419. The Morgan fingerprint density at radius 1 is 1.39 bits per heavy atom. The normalized spacial score (nSPS) is 10.1. The summed E-state index contributed by atoms with van der Waals surface area (Å²) < 4.78 is 4.60. The minimum atomic E-state index is -0.419. The molecule has 94 valence electrons. The summed E-state index contributed by atoms with van der Waals surface area (Å²) in [4.78, 5) is 16.6. The van der Waals surface area contributed by atoms with Crippen LogP contribution in [0.25, 0.3) is 0 Å². The highest BCUT2D eigenvalue weighted by Crippen LogP contribution is 2.23. The van der Waals surface area contributed by atoms with E-state index in [4.69, 9.17) is 0 Å². The van der Waals surface area contributed by atoms with E-state index in [-0.39, 0.29) is 0 Å². The molecule has 4 nitrogen and oxygen atoms in total. The summed E-state index contributed by atoms with van der Waals surface area (Å²) in [6.07, 6.45) is 2.03. The lowest BCUT2D eigenvalue weighted by Crippen LogP contribution is -2.01. The van der Waals surface area contributed by atoms with Gasteiger partial charge in [0.15, 0.2) is 10.8 Å². The van der Waals surface area contributed by atoms with Crippen LogP contribution in [0.2, 0.25) is 0 Å². The number of rotatable bonds is 4. The van der Waals surface area contributed by atoms with Crippen molar-refractivity contribution in [2.24, 2.45) is 0 Å². The minimum absolute atomic E-state index is 0.325. The van der Waals surface area contributed by atoms with E-state index in [9.17, 15) is 4.79 Å². The molecule has 0 bridgehead atoms. The maximum absolute atomic E-state index is 11.3. The van der Waals surface area contributed by atoms with Crippen molar-refractivity contribution >= 4 is 39.9 Å². The van der Waals surface area contributed by atoms with Crippen LogP contribution in [0.15, 0.2) is 34.5 Å². The number of thioether (sulfide) groups is 1.